The Labute approximate surface area is 127 Å². The quantitative estimate of drug-likeness (QED) is 0.571. The zero-order valence-electron chi connectivity index (χ0n) is 11.5. The molecule has 3 N–H and O–H groups in total. The van der Waals surface area contributed by atoms with Gasteiger partial charge in [0.2, 0.25) is 0 Å². The molecule has 0 aliphatic carbocycles. The number of hydrogen-bond acceptors (Lipinski definition) is 5. The van der Waals surface area contributed by atoms with Crippen LogP contribution < -0.4 is 16.2 Å². The van der Waals surface area contributed by atoms with E-state index in [-0.39, 0.29) is 0 Å². The third-order valence-corrected chi connectivity index (χ3v) is 3.41. The summed E-state index contributed by atoms with van der Waals surface area (Å²) in [5.41, 5.74) is 4.45. The number of nitrogen functional groups attached to an aromatic ring is 1. The van der Waals surface area contributed by atoms with Crippen LogP contribution in [0.2, 0.25) is 5.02 Å². The number of benzene rings is 1. The zero-order chi connectivity index (χ0) is 14.8. The van der Waals surface area contributed by atoms with Crippen molar-refractivity contribution in [1.29, 1.82) is 0 Å². The molecule has 0 amide bonds. The van der Waals surface area contributed by atoms with Crippen LogP contribution >= 0.6 is 11.6 Å². The fraction of sp³-hybridized carbons (Fsp3) is 0.143. The van der Waals surface area contributed by atoms with Gasteiger partial charge >= 0.3 is 0 Å². The molecule has 0 aliphatic heterocycles. The first kappa shape index (κ1) is 13.7. The number of fused-ring (bicyclic) bond motifs is 1. The number of rotatable bonds is 4. The van der Waals surface area contributed by atoms with Crippen molar-refractivity contribution in [3.05, 3.63) is 53.4 Å². The van der Waals surface area contributed by atoms with Crippen LogP contribution in [0.3, 0.4) is 0 Å². The molecule has 0 spiro atoms. The van der Waals surface area contributed by atoms with E-state index in [1.165, 1.54) is 0 Å². The molecule has 0 atom stereocenters. The lowest BCUT2D eigenvalue weighted by atomic mass is 10.2. The SMILES string of the molecule is CN(Cc1cccc(Cl)c1)c1nc(NN)cn2ccnc12. The maximum absolute atomic E-state index is 6.02. The minimum Gasteiger partial charge on any atom is -0.352 e. The Kier molecular flexibility index (Phi) is 3.64. The Bertz CT molecular complexity index is 769. The van der Waals surface area contributed by atoms with Crippen LogP contribution in [0.1, 0.15) is 5.56 Å². The summed E-state index contributed by atoms with van der Waals surface area (Å²) in [4.78, 5) is 10.8. The molecule has 0 saturated carbocycles. The topological polar surface area (TPSA) is 71.5 Å². The summed E-state index contributed by atoms with van der Waals surface area (Å²) in [6.07, 6.45) is 5.38. The second kappa shape index (κ2) is 5.59. The molecule has 2 heterocycles. The van der Waals surface area contributed by atoms with Crippen molar-refractivity contribution < 1.29 is 0 Å². The largest absolute Gasteiger partial charge is 0.352 e. The normalized spacial score (nSPS) is 10.8. The molecule has 7 heteroatoms. The van der Waals surface area contributed by atoms with Gasteiger partial charge in [-0.15, -0.1) is 0 Å². The number of halogens is 1. The third kappa shape index (κ3) is 2.76. The van der Waals surface area contributed by atoms with E-state index in [1.807, 2.05) is 46.8 Å². The highest BCUT2D eigenvalue weighted by atomic mass is 35.5. The van der Waals surface area contributed by atoms with E-state index in [1.54, 1.807) is 12.4 Å². The summed E-state index contributed by atoms with van der Waals surface area (Å²) < 4.78 is 1.88. The zero-order valence-corrected chi connectivity index (χ0v) is 12.2. The Hall–Kier alpha value is -2.31. The average molecular weight is 303 g/mol. The van der Waals surface area contributed by atoms with E-state index in [4.69, 9.17) is 17.4 Å². The summed E-state index contributed by atoms with van der Waals surface area (Å²) in [6.45, 7) is 0.671. The van der Waals surface area contributed by atoms with Crippen LogP contribution in [0.4, 0.5) is 11.6 Å². The van der Waals surface area contributed by atoms with Gasteiger partial charge in [-0.1, -0.05) is 23.7 Å². The van der Waals surface area contributed by atoms with E-state index in [9.17, 15) is 0 Å². The number of aromatic nitrogens is 3. The van der Waals surface area contributed by atoms with Gasteiger partial charge in [-0.05, 0) is 17.7 Å². The number of imidazole rings is 1. The summed E-state index contributed by atoms with van der Waals surface area (Å²) in [6, 6.07) is 7.75. The molecule has 0 unspecified atom stereocenters. The number of nitrogens with two attached hydrogens (primary N) is 1. The van der Waals surface area contributed by atoms with Gasteiger partial charge in [-0.3, -0.25) is 0 Å². The highest BCUT2D eigenvalue weighted by Gasteiger charge is 2.12. The Balaban J connectivity index is 1.97. The summed E-state index contributed by atoms with van der Waals surface area (Å²) in [7, 11) is 1.96. The first-order valence-electron chi connectivity index (χ1n) is 6.43. The van der Waals surface area contributed by atoms with Crippen molar-refractivity contribution in [2.75, 3.05) is 17.4 Å². The molecule has 1 aromatic carbocycles. The molecular formula is C14H15ClN6. The molecule has 3 rings (SSSR count). The van der Waals surface area contributed by atoms with Crippen LogP contribution in [0.25, 0.3) is 5.65 Å². The van der Waals surface area contributed by atoms with Crippen molar-refractivity contribution >= 4 is 28.9 Å². The number of hydrogen-bond donors (Lipinski definition) is 2. The predicted molar refractivity (Wildman–Crippen MR) is 84.4 cm³/mol. The van der Waals surface area contributed by atoms with E-state index >= 15 is 0 Å². The van der Waals surface area contributed by atoms with E-state index in [0.29, 0.717) is 12.4 Å². The van der Waals surface area contributed by atoms with Crippen LogP contribution in [-0.2, 0) is 6.54 Å². The molecule has 6 nitrogen and oxygen atoms in total. The minimum atomic E-state index is 0.577. The van der Waals surface area contributed by atoms with Crippen molar-refractivity contribution in [3.63, 3.8) is 0 Å². The second-order valence-corrected chi connectivity index (χ2v) is 5.17. The van der Waals surface area contributed by atoms with Gasteiger partial charge < -0.3 is 14.7 Å². The molecule has 0 bridgehead atoms. The first-order valence-corrected chi connectivity index (χ1v) is 6.81. The maximum atomic E-state index is 6.02. The van der Waals surface area contributed by atoms with Crippen molar-refractivity contribution in [3.8, 4) is 0 Å². The standard InChI is InChI=1S/C14H15ClN6/c1-20(8-10-3-2-4-11(15)7-10)14-13-17-5-6-21(13)9-12(18-14)19-16/h2-7,9,19H,8,16H2,1H3. The summed E-state index contributed by atoms with van der Waals surface area (Å²) >= 11 is 6.02. The minimum absolute atomic E-state index is 0.577. The predicted octanol–water partition coefficient (Wildman–Crippen LogP) is 2.30. The first-order chi connectivity index (χ1) is 10.2. The molecule has 0 aliphatic rings. The van der Waals surface area contributed by atoms with Gasteiger partial charge in [0.15, 0.2) is 17.3 Å². The number of hydrazine groups is 1. The lowest BCUT2D eigenvalue weighted by Crippen LogP contribution is -2.20. The van der Waals surface area contributed by atoms with Crippen LogP contribution in [0.5, 0.6) is 0 Å². The highest BCUT2D eigenvalue weighted by Crippen LogP contribution is 2.21. The Morgan fingerprint density at radius 3 is 3.05 bits per heavy atom. The van der Waals surface area contributed by atoms with Gasteiger partial charge in [0, 0.05) is 31.0 Å². The molecule has 0 fully saturated rings. The average Bonchev–Trinajstić information content (AvgIpc) is 2.94. The molecule has 3 aromatic rings. The third-order valence-electron chi connectivity index (χ3n) is 3.17. The van der Waals surface area contributed by atoms with Gasteiger partial charge in [-0.2, -0.15) is 0 Å². The number of nitrogens with one attached hydrogen (secondary N) is 1. The fourth-order valence-electron chi connectivity index (χ4n) is 2.22. The van der Waals surface area contributed by atoms with Gasteiger partial charge in [0.25, 0.3) is 0 Å². The lowest BCUT2D eigenvalue weighted by molar-refractivity contribution is 0.892. The Morgan fingerprint density at radius 1 is 1.43 bits per heavy atom. The second-order valence-electron chi connectivity index (χ2n) is 4.74. The van der Waals surface area contributed by atoms with Crippen molar-refractivity contribution in [2.24, 2.45) is 5.84 Å². The van der Waals surface area contributed by atoms with Gasteiger partial charge in [0.05, 0.1) is 6.20 Å². The smallest absolute Gasteiger partial charge is 0.180 e. The lowest BCUT2D eigenvalue weighted by Gasteiger charge is -2.19. The van der Waals surface area contributed by atoms with Gasteiger partial charge in [-0.25, -0.2) is 15.8 Å². The van der Waals surface area contributed by atoms with E-state index < -0.39 is 0 Å². The highest BCUT2D eigenvalue weighted by molar-refractivity contribution is 6.30. The van der Waals surface area contributed by atoms with Crippen LogP contribution in [0, 0.1) is 0 Å². The van der Waals surface area contributed by atoms with Gasteiger partial charge in [0.1, 0.15) is 0 Å². The molecule has 2 aromatic heterocycles. The van der Waals surface area contributed by atoms with Crippen LogP contribution in [-0.4, -0.2) is 21.4 Å². The monoisotopic (exact) mass is 302 g/mol. The molecule has 0 radical (unpaired) electrons. The molecule has 108 valence electrons. The summed E-state index contributed by atoms with van der Waals surface area (Å²) in [5, 5.41) is 0.720. The summed E-state index contributed by atoms with van der Waals surface area (Å²) in [5.74, 6) is 6.79. The fourth-order valence-corrected chi connectivity index (χ4v) is 2.44. The Morgan fingerprint density at radius 2 is 2.29 bits per heavy atom. The maximum Gasteiger partial charge on any atom is 0.180 e. The number of anilines is 2. The number of nitrogens with zero attached hydrogens (tertiary/aromatic N) is 4. The van der Waals surface area contributed by atoms with Crippen molar-refractivity contribution in [2.45, 2.75) is 6.54 Å². The molecular weight excluding hydrogens is 288 g/mol. The molecule has 21 heavy (non-hydrogen) atoms. The van der Waals surface area contributed by atoms with Crippen LogP contribution in [0.15, 0.2) is 42.9 Å². The van der Waals surface area contributed by atoms with Crippen molar-refractivity contribution in [1.82, 2.24) is 14.4 Å². The van der Waals surface area contributed by atoms with E-state index in [2.05, 4.69) is 15.4 Å². The van der Waals surface area contributed by atoms with E-state index in [0.717, 1.165) is 22.1 Å². The molecule has 0 saturated heterocycles.